The van der Waals surface area contributed by atoms with Crippen molar-refractivity contribution in [1.29, 1.82) is 0 Å². The highest BCUT2D eigenvalue weighted by molar-refractivity contribution is 5.90. The van der Waals surface area contributed by atoms with Gasteiger partial charge in [0.05, 0.1) is 19.3 Å². The molecule has 23 heavy (non-hydrogen) atoms. The molecule has 3 rings (SSSR count). The lowest BCUT2D eigenvalue weighted by Crippen LogP contribution is -2.52. The van der Waals surface area contributed by atoms with E-state index < -0.39 is 6.09 Å². The van der Waals surface area contributed by atoms with Crippen LogP contribution in [0.25, 0.3) is 0 Å². The van der Waals surface area contributed by atoms with Crippen LogP contribution in [0.4, 0.5) is 10.5 Å². The zero-order chi connectivity index (χ0) is 16.1. The summed E-state index contributed by atoms with van der Waals surface area (Å²) < 4.78 is 10.6. The number of rotatable bonds is 5. The molecule has 2 aromatic carbocycles. The third kappa shape index (κ3) is 3.57. The van der Waals surface area contributed by atoms with Crippen LogP contribution in [0.2, 0.25) is 0 Å². The van der Waals surface area contributed by atoms with Gasteiger partial charge in [-0.2, -0.15) is 0 Å². The molecule has 1 amide bonds. The van der Waals surface area contributed by atoms with E-state index in [-0.39, 0.29) is 12.6 Å². The fraction of sp³-hybridized carbons (Fsp3) is 0.222. The Labute approximate surface area is 134 Å². The van der Waals surface area contributed by atoms with Crippen molar-refractivity contribution in [3.05, 3.63) is 65.7 Å². The number of aldehydes is 1. The molecule has 5 heteroatoms. The van der Waals surface area contributed by atoms with Crippen molar-refractivity contribution in [2.75, 3.05) is 18.1 Å². The van der Waals surface area contributed by atoms with Crippen molar-refractivity contribution >= 4 is 18.1 Å². The van der Waals surface area contributed by atoms with E-state index in [9.17, 15) is 9.59 Å². The maximum atomic E-state index is 12.5. The second kappa shape index (κ2) is 7.07. The van der Waals surface area contributed by atoms with Crippen LogP contribution in [-0.4, -0.2) is 31.6 Å². The quantitative estimate of drug-likeness (QED) is 0.796. The molecule has 2 aromatic rings. The van der Waals surface area contributed by atoms with E-state index in [2.05, 4.69) is 0 Å². The van der Waals surface area contributed by atoms with Gasteiger partial charge in [-0.1, -0.05) is 42.5 Å². The first-order valence-corrected chi connectivity index (χ1v) is 7.41. The van der Waals surface area contributed by atoms with Gasteiger partial charge in [-0.05, 0) is 17.7 Å². The van der Waals surface area contributed by atoms with Crippen molar-refractivity contribution in [3.63, 3.8) is 0 Å². The van der Waals surface area contributed by atoms with Crippen LogP contribution in [0.3, 0.4) is 0 Å². The molecule has 1 heterocycles. The standard InChI is InChI=1S/C18H17NO4/c20-10-15-7-4-8-16(9-15)19(17-12-22-13-17)18(21)23-11-14-5-2-1-3-6-14/h1-10,17H,11-13H2. The van der Waals surface area contributed by atoms with Gasteiger partial charge in [-0.3, -0.25) is 9.69 Å². The third-order valence-corrected chi connectivity index (χ3v) is 3.67. The zero-order valence-electron chi connectivity index (χ0n) is 12.6. The number of amides is 1. The molecule has 1 aliphatic rings. The lowest BCUT2D eigenvalue weighted by atomic mass is 10.1. The molecule has 1 aliphatic heterocycles. The lowest BCUT2D eigenvalue weighted by molar-refractivity contribution is 0.00681. The predicted molar refractivity (Wildman–Crippen MR) is 85.5 cm³/mol. The fourth-order valence-corrected chi connectivity index (χ4v) is 2.37. The van der Waals surface area contributed by atoms with Crippen LogP contribution >= 0.6 is 0 Å². The summed E-state index contributed by atoms with van der Waals surface area (Å²) in [5.41, 5.74) is 2.08. The highest BCUT2D eigenvalue weighted by atomic mass is 16.6. The van der Waals surface area contributed by atoms with Gasteiger partial charge in [-0.25, -0.2) is 4.79 Å². The molecule has 0 N–H and O–H groups in total. The van der Waals surface area contributed by atoms with Crippen LogP contribution < -0.4 is 4.90 Å². The van der Waals surface area contributed by atoms with Crippen molar-refractivity contribution in [3.8, 4) is 0 Å². The Kier molecular flexibility index (Phi) is 4.68. The molecule has 0 bridgehead atoms. The minimum Gasteiger partial charge on any atom is -0.444 e. The summed E-state index contributed by atoms with van der Waals surface area (Å²) in [6.45, 7) is 1.13. The average molecular weight is 311 g/mol. The molecular weight excluding hydrogens is 294 g/mol. The van der Waals surface area contributed by atoms with Gasteiger partial charge in [0.15, 0.2) is 0 Å². The van der Waals surface area contributed by atoms with Crippen LogP contribution in [0.1, 0.15) is 15.9 Å². The summed E-state index contributed by atoms with van der Waals surface area (Å²) in [6.07, 6.45) is 0.319. The second-order valence-corrected chi connectivity index (χ2v) is 5.31. The number of anilines is 1. The van der Waals surface area contributed by atoms with E-state index >= 15 is 0 Å². The summed E-state index contributed by atoms with van der Waals surface area (Å²) >= 11 is 0. The van der Waals surface area contributed by atoms with E-state index in [4.69, 9.17) is 9.47 Å². The maximum Gasteiger partial charge on any atom is 0.415 e. The maximum absolute atomic E-state index is 12.5. The predicted octanol–water partition coefficient (Wildman–Crippen LogP) is 3.04. The topological polar surface area (TPSA) is 55.8 Å². The molecule has 0 radical (unpaired) electrons. The molecule has 1 fully saturated rings. The highest BCUT2D eigenvalue weighted by Crippen LogP contribution is 2.23. The molecule has 1 saturated heterocycles. The Balaban J connectivity index is 1.75. The third-order valence-electron chi connectivity index (χ3n) is 3.67. The Hall–Kier alpha value is -2.66. The molecule has 0 spiro atoms. The van der Waals surface area contributed by atoms with Crippen molar-refractivity contribution in [2.45, 2.75) is 12.6 Å². The van der Waals surface area contributed by atoms with Crippen LogP contribution in [0.15, 0.2) is 54.6 Å². The summed E-state index contributed by atoms with van der Waals surface area (Å²) in [7, 11) is 0. The number of hydrogen-bond donors (Lipinski definition) is 0. The van der Waals surface area contributed by atoms with Crippen molar-refractivity contribution < 1.29 is 19.1 Å². The molecule has 0 unspecified atom stereocenters. The van der Waals surface area contributed by atoms with Gasteiger partial charge < -0.3 is 9.47 Å². The number of carbonyl (C=O) groups excluding carboxylic acids is 2. The van der Waals surface area contributed by atoms with E-state index in [1.807, 2.05) is 30.3 Å². The van der Waals surface area contributed by atoms with Crippen LogP contribution in [0, 0.1) is 0 Å². The molecule has 0 aromatic heterocycles. The first-order valence-electron chi connectivity index (χ1n) is 7.41. The SMILES string of the molecule is O=Cc1cccc(N(C(=O)OCc2ccccc2)C2COC2)c1. The molecular formula is C18H17NO4. The normalized spacial score (nSPS) is 13.9. The Bertz CT molecular complexity index is 682. The van der Waals surface area contributed by atoms with Crippen LogP contribution in [-0.2, 0) is 16.1 Å². The van der Waals surface area contributed by atoms with E-state index in [0.29, 0.717) is 24.5 Å². The zero-order valence-corrected chi connectivity index (χ0v) is 12.6. The number of ether oxygens (including phenoxy) is 2. The van der Waals surface area contributed by atoms with Gasteiger partial charge in [0, 0.05) is 11.3 Å². The van der Waals surface area contributed by atoms with E-state index in [0.717, 1.165) is 11.8 Å². The van der Waals surface area contributed by atoms with E-state index in [1.54, 1.807) is 29.2 Å². The molecule has 0 atom stereocenters. The average Bonchev–Trinajstić information content (AvgIpc) is 2.56. The largest absolute Gasteiger partial charge is 0.444 e. The van der Waals surface area contributed by atoms with Crippen molar-refractivity contribution in [2.24, 2.45) is 0 Å². The van der Waals surface area contributed by atoms with Crippen molar-refractivity contribution in [1.82, 2.24) is 0 Å². The molecule has 5 nitrogen and oxygen atoms in total. The molecule has 118 valence electrons. The van der Waals surface area contributed by atoms with E-state index in [1.165, 1.54) is 0 Å². The number of hydrogen-bond acceptors (Lipinski definition) is 4. The summed E-state index contributed by atoms with van der Waals surface area (Å²) in [4.78, 5) is 25.0. The minimum atomic E-state index is -0.440. The first kappa shape index (κ1) is 15.2. The Morgan fingerprint density at radius 3 is 2.61 bits per heavy atom. The van der Waals surface area contributed by atoms with Gasteiger partial charge >= 0.3 is 6.09 Å². The number of benzene rings is 2. The van der Waals surface area contributed by atoms with Gasteiger partial charge in [0.25, 0.3) is 0 Å². The highest BCUT2D eigenvalue weighted by Gasteiger charge is 2.32. The lowest BCUT2D eigenvalue weighted by Gasteiger charge is -2.36. The van der Waals surface area contributed by atoms with Gasteiger partial charge in [0.1, 0.15) is 12.9 Å². The fourth-order valence-electron chi connectivity index (χ4n) is 2.37. The first-order chi connectivity index (χ1) is 11.3. The second-order valence-electron chi connectivity index (χ2n) is 5.31. The number of carbonyl (C=O) groups is 2. The number of nitrogens with zero attached hydrogens (tertiary/aromatic N) is 1. The summed E-state index contributed by atoms with van der Waals surface area (Å²) in [5.74, 6) is 0. The molecule has 0 saturated carbocycles. The Morgan fingerprint density at radius 2 is 1.96 bits per heavy atom. The van der Waals surface area contributed by atoms with Gasteiger partial charge in [0.2, 0.25) is 0 Å². The monoisotopic (exact) mass is 311 g/mol. The summed E-state index contributed by atoms with van der Waals surface area (Å²) in [6, 6.07) is 16.3. The Morgan fingerprint density at radius 1 is 1.17 bits per heavy atom. The smallest absolute Gasteiger partial charge is 0.415 e. The van der Waals surface area contributed by atoms with Crippen LogP contribution in [0.5, 0.6) is 0 Å². The van der Waals surface area contributed by atoms with Gasteiger partial charge in [-0.15, -0.1) is 0 Å². The summed E-state index contributed by atoms with van der Waals surface area (Å²) in [5, 5.41) is 0. The molecule has 0 aliphatic carbocycles. The minimum absolute atomic E-state index is 0.0693.